The van der Waals surface area contributed by atoms with Crippen molar-refractivity contribution in [3.05, 3.63) is 52.8 Å². The Morgan fingerprint density at radius 2 is 1.55 bits per heavy atom. The Labute approximate surface area is 165 Å². The molecule has 0 spiro atoms. The summed E-state index contributed by atoms with van der Waals surface area (Å²) in [6.07, 6.45) is 0. The summed E-state index contributed by atoms with van der Waals surface area (Å²) in [6, 6.07) is 11.9. The summed E-state index contributed by atoms with van der Waals surface area (Å²) >= 11 is 0. The van der Waals surface area contributed by atoms with Crippen LogP contribution in [0.15, 0.2) is 47.3 Å². The number of carbonyl (C=O) groups excluding carboxylic acids is 2. The Morgan fingerprint density at radius 3 is 2.28 bits per heavy atom. The summed E-state index contributed by atoms with van der Waals surface area (Å²) < 4.78 is 19.6. The fourth-order valence-corrected chi connectivity index (χ4v) is 2.50. The molecule has 0 atom stereocenters. The first-order valence-electron chi connectivity index (χ1n) is 8.53. The van der Waals surface area contributed by atoms with Crippen LogP contribution in [0.2, 0.25) is 0 Å². The second-order valence-corrected chi connectivity index (χ2v) is 5.89. The van der Waals surface area contributed by atoms with E-state index in [-0.39, 0.29) is 19.1 Å². The maximum atomic E-state index is 11.9. The fourth-order valence-electron chi connectivity index (χ4n) is 2.50. The maximum absolute atomic E-state index is 11.9. The van der Waals surface area contributed by atoms with E-state index in [1.165, 1.54) is 14.2 Å². The topological polar surface area (TPSA) is 117 Å². The maximum Gasteiger partial charge on any atom is 0.343 e. The molecular weight excluding hydrogens is 380 g/mol. The Kier molecular flexibility index (Phi) is 6.08. The number of hydrogen-bond acceptors (Lipinski definition) is 8. The quantitative estimate of drug-likeness (QED) is 0.598. The average molecular weight is 398 g/mol. The van der Waals surface area contributed by atoms with Crippen LogP contribution in [0.25, 0.3) is 22.2 Å². The van der Waals surface area contributed by atoms with Crippen LogP contribution in [-0.4, -0.2) is 49.3 Å². The van der Waals surface area contributed by atoms with E-state index < -0.39 is 17.5 Å². The van der Waals surface area contributed by atoms with Crippen LogP contribution in [0, 0.1) is 0 Å². The monoisotopic (exact) mass is 398 g/mol. The molecule has 1 N–H and O–H groups in total. The van der Waals surface area contributed by atoms with Gasteiger partial charge in [-0.25, -0.2) is 9.59 Å². The Hall–Kier alpha value is -3.88. The van der Waals surface area contributed by atoms with Crippen molar-refractivity contribution in [1.29, 1.82) is 0 Å². The number of nitrogens with one attached hydrogen (secondary N) is 1. The van der Waals surface area contributed by atoms with Crippen LogP contribution in [0.5, 0.6) is 11.6 Å². The summed E-state index contributed by atoms with van der Waals surface area (Å²) in [7, 11) is 2.53. The smallest absolute Gasteiger partial charge is 0.343 e. The van der Waals surface area contributed by atoms with Crippen LogP contribution in [-0.2, 0) is 19.1 Å². The summed E-state index contributed by atoms with van der Waals surface area (Å²) in [6.45, 7) is -0.526. The number of H-pyrrole nitrogens is 1. The molecule has 150 valence electrons. The molecule has 0 unspecified atom stereocenters. The van der Waals surface area contributed by atoms with E-state index in [9.17, 15) is 14.4 Å². The van der Waals surface area contributed by atoms with Crippen molar-refractivity contribution in [2.75, 3.05) is 27.4 Å². The second-order valence-electron chi connectivity index (χ2n) is 5.89. The summed E-state index contributed by atoms with van der Waals surface area (Å²) in [4.78, 5) is 41.2. The zero-order valence-corrected chi connectivity index (χ0v) is 15.8. The highest BCUT2D eigenvalue weighted by Gasteiger charge is 2.09. The Balaban J connectivity index is 1.84. The van der Waals surface area contributed by atoms with Gasteiger partial charge in [-0.15, -0.1) is 0 Å². The van der Waals surface area contributed by atoms with E-state index in [4.69, 9.17) is 9.47 Å². The average Bonchev–Trinajstić information content (AvgIpc) is 2.74. The molecule has 1 aromatic heterocycles. The van der Waals surface area contributed by atoms with Gasteiger partial charge in [-0.2, -0.15) is 4.98 Å². The molecule has 3 aromatic rings. The molecule has 9 heteroatoms. The minimum atomic E-state index is -0.579. The lowest BCUT2D eigenvalue weighted by atomic mass is 10.1. The van der Waals surface area contributed by atoms with Crippen molar-refractivity contribution in [2.45, 2.75) is 0 Å². The number of fused-ring (bicyclic) bond motifs is 1. The van der Waals surface area contributed by atoms with Gasteiger partial charge < -0.3 is 23.9 Å². The van der Waals surface area contributed by atoms with Crippen LogP contribution in [0.1, 0.15) is 0 Å². The molecule has 0 amide bonds. The SMILES string of the molecule is COC(=O)COc1ccc2cc(-c3nc(OCC(=O)OC)cc(=O)[nH]3)ccc2c1. The molecule has 0 saturated carbocycles. The van der Waals surface area contributed by atoms with Gasteiger partial charge in [0.05, 0.1) is 20.3 Å². The van der Waals surface area contributed by atoms with Gasteiger partial charge in [0.2, 0.25) is 5.88 Å². The Morgan fingerprint density at radius 1 is 0.897 bits per heavy atom. The van der Waals surface area contributed by atoms with Gasteiger partial charge in [0.25, 0.3) is 5.56 Å². The van der Waals surface area contributed by atoms with Crippen LogP contribution < -0.4 is 15.0 Å². The van der Waals surface area contributed by atoms with Gasteiger partial charge in [-0.3, -0.25) is 4.79 Å². The molecule has 1 heterocycles. The summed E-state index contributed by atoms with van der Waals surface area (Å²) in [5.41, 5.74) is 0.239. The second kappa shape index (κ2) is 8.87. The zero-order valence-electron chi connectivity index (χ0n) is 15.8. The van der Waals surface area contributed by atoms with Gasteiger partial charge in [0.1, 0.15) is 11.6 Å². The van der Waals surface area contributed by atoms with Crippen molar-refractivity contribution < 1.29 is 28.5 Å². The number of hydrogen-bond donors (Lipinski definition) is 1. The lowest BCUT2D eigenvalue weighted by molar-refractivity contribution is -0.143. The lowest BCUT2D eigenvalue weighted by Gasteiger charge is -2.08. The highest BCUT2D eigenvalue weighted by molar-refractivity contribution is 5.87. The molecule has 0 aliphatic rings. The number of aromatic amines is 1. The highest BCUT2D eigenvalue weighted by atomic mass is 16.6. The molecule has 0 aliphatic heterocycles. The van der Waals surface area contributed by atoms with Gasteiger partial charge in [-0.05, 0) is 29.0 Å². The number of esters is 2. The molecule has 0 aliphatic carbocycles. The van der Waals surface area contributed by atoms with Crippen LogP contribution in [0.4, 0.5) is 0 Å². The molecule has 3 rings (SSSR count). The molecule has 29 heavy (non-hydrogen) atoms. The van der Waals surface area contributed by atoms with E-state index >= 15 is 0 Å². The lowest BCUT2D eigenvalue weighted by Crippen LogP contribution is -2.16. The number of rotatable bonds is 7. The molecule has 0 bridgehead atoms. The summed E-state index contributed by atoms with van der Waals surface area (Å²) in [5.74, 6) is -0.208. The first-order valence-corrected chi connectivity index (χ1v) is 8.53. The molecule has 0 radical (unpaired) electrons. The van der Waals surface area contributed by atoms with Gasteiger partial charge >= 0.3 is 11.9 Å². The van der Waals surface area contributed by atoms with E-state index in [1.54, 1.807) is 18.2 Å². The number of carbonyl (C=O) groups is 2. The van der Waals surface area contributed by atoms with E-state index in [1.807, 2.05) is 18.2 Å². The largest absolute Gasteiger partial charge is 0.482 e. The minimum absolute atomic E-state index is 0.0146. The predicted molar refractivity (Wildman–Crippen MR) is 103 cm³/mol. The van der Waals surface area contributed by atoms with Crippen molar-refractivity contribution >= 4 is 22.7 Å². The highest BCUT2D eigenvalue weighted by Crippen LogP contribution is 2.26. The third-order valence-corrected chi connectivity index (χ3v) is 3.95. The normalized spacial score (nSPS) is 10.4. The predicted octanol–water partition coefficient (Wildman–Crippen LogP) is 1.69. The number of nitrogens with zero attached hydrogens (tertiary/aromatic N) is 1. The molecule has 9 nitrogen and oxygen atoms in total. The van der Waals surface area contributed by atoms with Gasteiger partial charge in [0, 0.05) is 5.56 Å². The Bertz CT molecular complexity index is 1110. The number of ether oxygens (including phenoxy) is 4. The van der Waals surface area contributed by atoms with E-state index in [0.717, 1.165) is 16.8 Å². The third-order valence-electron chi connectivity index (χ3n) is 3.95. The van der Waals surface area contributed by atoms with Crippen molar-refractivity contribution in [3.63, 3.8) is 0 Å². The standard InChI is InChI=1S/C20H18N2O7/c1-26-18(24)10-28-15-6-5-12-7-14(4-3-13(12)8-15)20-21-16(23)9-17(22-20)29-11-19(25)27-2/h3-9H,10-11H2,1-2H3,(H,21,22,23). The molecule has 0 fully saturated rings. The number of benzene rings is 2. The molecule has 2 aromatic carbocycles. The van der Waals surface area contributed by atoms with Gasteiger partial charge in [-0.1, -0.05) is 18.2 Å². The van der Waals surface area contributed by atoms with Crippen LogP contribution in [0.3, 0.4) is 0 Å². The van der Waals surface area contributed by atoms with E-state index in [2.05, 4.69) is 19.4 Å². The van der Waals surface area contributed by atoms with E-state index in [0.29, 0.717) is 17.1 Å². The van der Waals surface area contributed by atoms with Crippen LogP contribution >= 0.6 is 0 Å². The van der Waals surface area contributed by atoms with Gasteiger partial charge in [0.15, 0.2) is 13.2 Å². The molecule has 0 saturated heterocycles. The minimum Gasteiger partial charge on any atom is -0.482 e. The third kappa shape index (κ3) is 5.10. The first kappa shape index (κ1) is 19.9. The zero-order chi connectivity index (χ0) is 20.8. The fraction of sp³-hybridized carbons (Fsp3) is 0.200. The number of methoxy groups -OCH3 is 2. The summed E-state index contributed by atoms with van der Waals surface area (Å²) in [5, 5.41) is 1.74. The first-order chi connectivity index (χ1) is 14.0. The van der Waals surface area contributed by atoms with Crippen molar-refractivity contribution in [1.82, 2.24) is 9.97 Å². The van der Waals surface area contributed by atoms with Crippen molar-refractivity contribution in [3.8, 4) is 23.0 Å². The number of aromatic nitrogens is 2. The van der Waals surface area contributed by atoms with Crippen molar-refractivity contribution in [2.24, 2.45) is 0 Å². The molecular formula is C20H18N2O7.